The summed E-state index contributed by atoms with van der Waals surface area (Å²) in [4.78, 5) is 21.9. The molecule has 3 nitrogen and oxygen atoms in total. The predicted molar refractivity (Wildman–Crippen MR) is 34.2 cm³/mol. The molecular weight excluding hydrogens is 144 g/mol. The number of fused-ring (bicyclic) bond motifs is 4. The van der Waals surface area contributed by atoms with Crippen molar-refractivity contribution in [2.45, 2.75) is 0 Å². The van der Waals surface area contributed by atoms with E-state index in [1.54, 1.807) is 0 Å². The fraction of sp³-hybridized carbons (Fsp3) is 0.500. The van der Waals surface area contributed by atoms with E-state index in [4.69, 9.17) is 0 Å². The van der Waals surface area contributed by atoms with Crippen LogP contribution in [0.1, 0.15) is 0 Å². The highest BCUT2D eigenvalue weighted by atomic mass is 16.6. The van der Waals surface area contributed by atoms with Crippen molar-refractivity contribution >= 4 is 11.9 Å². The Morgan fingerprint density at radius 2 is 1.45 bits per heavy atom. The molecule has 11 heavy (non-hydrogen) atoms. The van der Waals surface area contributed by atoms with E-state index in [0.717, 1.165) is 0 Å². The second-order valence-electron chi connectivity index (χ2n) is 3.33. The van der Waals surface area contributed by atoms with Gasteiger partial charge >= 0.3 is 11.9 Å². The molecule has 0 unspecified atom stereocenters. The van der Waals surface area contributed by atoms with E-state index in [1.807, 2.05) is 12.2 Å². The summed E-state index contributed by atoms with van der Waals surface area (Å²) in [5.41, 5.74) is 0. The first kappa shape index (κ1) is 5.52. The molecule has 0 aromatic rings. The summed E-state index contributed by atoms with van der Waals surface area (Å²) in [5.74, 6) is -0.246. The van der Waals surface area contributed by atoms with Gasteiger partial charge in [0.15, 0.2) is 0 Å². The van der Waals surface area contributed by atoms with Gasteiger partial charge < -0.3 is 4.74 Å². The fourth-order valence-corrected chi connectivity index (χ4v) is 2.26. The highest BCUT2D eigenvalue weighted by Crippen LogP contribution is 2.56. The molecule has 0 aromatic heterocycles. The molecule has 56 valence electrons. The van der Waals surface area contributed by atoms with Crippen molar-refractivity contribution in [3.8, 4) is 0 Å². The van der Waals surface area contributed by atoms with Gasteiger partial charge in [0.05, 0.1) is 11.8 Å². The van der Waals surface area contributed by atoms with Crippen LogP contribution in [0.5, 0.6) is 0 Å². The van der Waals surface area contributed by atoms with Crippen LogP contribution in [-0.4, -0.2) is 11.9 Å². The molecule has 0 amide bonds. The lowest BCUT2D eigenvalue weighted by molar-refractivity contribution is -0.153. The molecule has 2 fully saturated rings. The van der Waals surface area contributed by atoms with Crippen LogP contribution in [0.4, 0.5) is 0 Å². The molecule has 1 heterocycles. The standard InChI is InChI=1S/C8H6O3/c9-7-5-3-1-2-4(3)6(5)8(10)11-7/h1-6H/t3-,4-,5+,6+/m0/s1. The van der Waals surface area contributed by atoms with Crippen molar-refractivity contribution in [2.24, 2.45) is 23.7 Å². The highest BCUT2D eigenvalue weighted by molar-refractivity contribution is 5.99. The minimum atomic E-state index is -0.314. The van der Waals surface area contributed by atoms with Gasteiger partial charge in [0, 0.05) is 0 Å². The normalized spacial score (nSPS) is 50.5. The molecule has 3 heteroatoms. The summed E-state index contributed by atoms with van der Waals surface area (Å²) in [7, 11) is 0. The van der Waals surface area contributed by atoms with E-state index in [9.17, 15) is 9.59 Å². The highest BCUT2D eigenvalue weighted by Gasteiger charge is 2.64. The second-order valence-corrected chi connectivity index (χ2v) is 3.33. The van der Waals surface area contributed by atoms with Crippen LogP contribution in [0.15, 0.2) is 12.2 Å². The zero-order valence-electron chi connectivity index (χ0n) is 5.69. The lowest BCUT2D eigenvalue weighted by Crippen LogP contribution is -2.50. The number of cyclic esters (lactones) is 2. The van der Waals surface area contributed by atoms with Crippen LogP contribution in [0, 0.1) is 23.7 Å². The van der Waals surface area contributed by atoms with Crippen molar-refractivity contribution in [1.82, 2.24) is 0 Å². The largest absolute Gasteiger partial charge is 0.393 e. The van der Waals surface area contributed by atoms with E-state index in [0.29, 0.717) is 11.8 Å². The van der Waals surface area contributed by atoms with Crippen LogP contribution in [0.3, 0.4) is 0 Å². The number of rotatable bonds is 0. The van der Waals surface area contributed by atoms with Crippen molar-refractivity contribution in [3.05, 3.63) is 12.2 Å². The minimum absolute atomic E-state index is 0.127. The Hall–Kier alpha value is -1.12. The Morgan fingerprint density at radius 3 is 1.82 bits per heavy atom. The SMILES string of the molecule is O=C1OC(=O)[C@@H]2[C@H]3C=C[C@@H]3[C@@H]12. The topological polar surface area (TPSA) is 43.4 Å². The lowest BCUT2D eigenvalue weighted by Gasteiger charge is -2.46. The molecular formula is C8H6O3. The Labute approximate surface area is 63.0 Å². The van der Waals surface area contributed by atoms with E-state index in [2.05, 4.69) is 4.74 Å². The Kier molecular flexibility index (Phi) is 0.700. The number of allylic oxidation sites excluding steroid dienone is 2. The molecule has 3 aliphatic rings. The van der Waals surface area contributed by atoms with Gasteiger partial charge in [-0.05, 0) is 11.8 Å². The summed E-state index contributed by atoms with van der Waals surface area (Å²) >= 11 is 0. The molecule has 1 saturated carbocycles. The Morgan fingerprint density at radius 1 is 1.00 bits per heavy atom. The van der Waals surface area contributed by atoms with Crippen LogP contribution < -0.4 is 0 Å². The van der Waals surface area contributed by atoms with E-state index >= 15 is 0 Å². The van der Waals surface area contributed by atoms with E-state index in [1.165, 1.54) is 0 Å². The van der Waals surface area contributed by atoms with Crippen LogP contribution in [0.25, 0.3) is 0 Å². The van der Waals surface area contributed by atoms with Gasteiger partial charge in [0.25, 0.3) is 0 Å². The molecule has 0 N–H and O–H groups in total. The zero-order valence-corrected chi connectivity index (χ0v) is 5.69. The van der Waals surface area contributed by atoms with Crippen LogP contribution in [-0.2, 0) is 14.3 Å². The molecule has 2 aliphatic carbocycles. The summed E-state index contributed by atoms with van der Waals surface area (Å²) in [6.45, 7) is 0. The molecule has 0 radical (unpaired) electrons. The molecule has 4 atom stereocenters. The second kappa shape index (κ2) is 1.40. The maximum atomic E-state index is 11.0. The fourth-order valence-electron chi connectivity index (χ4n) is 2.26. The van der Waals surface area contributed by atoms with Crippen molar-refractivity contribution in [1.29, 1.82) is 0 Å². The van der Waals surface area contributed by atoms with Gasteiger partial charge in [-0.15, -0.1) is 0 Å². The predicted octanol–water partition coefficient (Wildman–Crippen LogP) is 0.118. The van der Waals surface area contributed by atoms with Gasteiger partial charge in [-0.25, -0.2) is 0 Å². The first-order valence-corrected chi connectivity index (χ1v) is 3.73. The smallest absolute Gasteiger partial charge is 0.318 e. The van der Waals surface area contributed by atoms with Gasteiger partial charge in [-0.1, -0.05) is 12.2 Å². The monoisotopic (exact) mass is 150 g/mol. The van der Waals surface area contributed by atoms with Gasteiger partial charge in [0.1, 0.15) is 0 Å². The Bertz CT molecular complexity index is 264. The average Bonchev–Trinajstić information content (AvgIpc) is 2.11. The minimum Gasteiger partial charge on any atom is -0.393 e. The number of esters is 2. The third-order valence-corrected chi connectivity index (χ3v) is 2.96. The van der Waals surface area contributed by atoms with Gasteiger partial charge in [-0.2, -0.15) is 0 Å². The Balaban J connectivity index is 2.03. The molecule has 1 aliphatic heterocycles. The third kappa shape index (κ3) is 0.414. The van der Waals surface area contributed by atoms with Crippen LogP contribution in [0.2, 0.25) is 0 Å². The summed E-state index contributed by atoms with van der Waals surface area (Å²) < 4.78 is 4.51. The van der Waals surface area contributed by atoms with E-state index < -0.39 is 0 Å². The lowest BCUT2D eigenvalue weighted by atomic mass is 9.52. The number of hydrogen-bond acceptors (Lipinski definition) is 3. The summed E-state index contributed by atoms with van der Waals surface area (Å²) in [6.07, 6.45) is 3.98. The van der Waals surface area contributed by atoms with Gasteiger partial charge in [-0.3, -0.25) is 9.59 Å². The molecule has 1 saturated heterocycles. The quantitative estimate of drug-likeness (QED) is 0.280. The van der Waals surface area contributed by atoms with Crippen LogP contribution >= 0.6 is 0 Å². The maximum Gasteiger partial charge on any atom is 0.318 e. The molecule has 0 spiro atoms. The number of carbonyl (C=O) groups excluding carboxylic acids is 2. The van der Waals surface area contributed by atoms with E-state index in [-0.39, 0.29) is 23.8 Å². The number of hydrogen-bond donors (Lipinski definition) is 0. The third-order valence-electron chi connectivity index (χ3n) is 2.96. The number of carbonyl (C=O) groups is 2. The first-order valence-electron chi connectivity index (χ1n) is 3.73. The zero-order chi connectivity index (χ0) is 7.59. The molecule has 3 rings (SSSR count). The number of ether oxygens (including phenoxy) is 1. The van der Waals surface area contributed by atoms with Gasteiger partial charge in [0.2, 0.25) is 0 Å². The van der Waals surface area contributed by atoms with Crippen molar-refractivity contribution in [3.63, 3.8) is 0 Å². The average molecular weight is 150 g/mol. The molecule has 0 bridgehead atoms. The summed E-state index contributed by atoms with van der Waals surface area (Å²) in [5, 5.41) is 0. The van der Waals surface area contributed by atoms with Crippen molar-refractivity contribution < 1.29 is 14.3 Å². The first-order chi connectivity index (χ1) is 5.29. The maximum absolute atomic E-state index is 11.0. The van der Waals surface area contributed by atoms with Crippen molar-refractivity contribution in [2.75, 3.05) is 0 Å². The molecule has 0 aromatic carbocycles. The summed E-state index contributed by atoms with van der Waals surface area (Å²) in [6, 6.07) is 0.